The second-order valence-corrected chi connectivity index (χ2v) is 5.60. The highest BCUT2D eigenvalue weighted by molar-refractivity contribution is 5.45. The SMILES string of the molecule is Cc1cc2c(cc1C)C(C)(C)OC2(C)C. The van der Waals surface area contributed by atoms with Gasteiger partial charge in [-0.15, -0.1) is 0 Å². The van der Waals surface area contributed by atoms with Crippen molar-refractivity contribution in [2.24, 2.45) is 0 Å². The molecule has 1 aromatic carbocycles. The smallest absolute Gasteiger partial charge is 0.0891 e. The molecule has 0 N–H and O–H groups in total. The van der Waals surface area contributed by atoms with E-state index in [1.807, 2.05) is 0 Å². The van der Waals surface area contributed by atoms with Gasteiger partial charge in [-0.25, -0.2) is 0 Å². The van der Waals surface area contributed by atoms with Gasteiger partial charge in [0.2, 0.25) is 0 Å². The molecule has 1 aliphatic rings. The molecule has 0 bridgehead atoms. The van der Waals surface area contributed by atoms with E-state index in [0.29, 0.717) is 0 Å². The van der Waals surface area contributed by atoms with Crippen LogP contribution in [0.3, 0.4) is 0 Å². The number of aryl methyl sites for hydroxylation is 2. The molecule has 0 amide bonds. The van der Waals surface area contributed by atoms with Crippen LogP contribution in [0.4, 0.5) is 0 Å². The maximum Gasteiger partial charge on any atom is 0.0891 e. The molecular formula is C14H20O. The average Bonchev–Trinajstić information content (AvgIpc) is 2.21. The lowest BCUT2D eigenvalue weighted by Gasteiger charge is -2.24. The van der Waals surface area contributed by atoms with Crippen LogP contribution in [-0.2, 0) is 15.9 Å². The summed E-state index contributed by atoms with van der Waals surface area (Å²) in [5.41, 5.74) is 5.08. The van der Waals surface area contributed by atoms with E-state index in [4.69, 9.17) is 4.74 Å². The predicted octanol–water partition coefficient (Wildman–Crippen LogP) is 3.80. The minimum absolute atomic E-state index is 0.155. The summed E-state index contributed by atoms with van der Waals surface area (Å²) < 4.78 is 6.12. The summed E-state index contributed by atoms with van der Waals surface area (Å²) in [6.07, 6.45) is 0. The molecule has 1 aliphatic heterocycles. The van der Waals surface area contributed by atoms with Crippen molar-refractivity contribution in [3.8, 4) is 0 Å². The van der Waals surface area contributed by atoms with Gasteiger partial charge in [0.05, 0.1) is 11.2 Å². The molecule has 0 aliphatic carbocycles. The third-order valence-corrected chi connectivity index (χ3v) is 3.44. The maximum atomic E-state index is 6.12. The molecule has 1 heteroatoms. The average molecular weight is 204 g/mol. The van der Waals surface area contributed by atoms with E-state index in [1.165, 1.54) is 22.3 Å². The summed E-state index contributed by atoms with van der Waals surface area (Å²) in [6.45, 7) is 12.9. The van der Waals surface area contributed by atoms with E-state index in [1.54, 1.807) is 0 Å². The molecule has 0 saturated heterocycles. The third-order valence-electron chi connectivity index (χ3n) is 3.44. The van der Waals surface area contributed by atoms with Gasteiger partial charge in [-0.05, 0) is 63.8 Å². The molecule has 82 valence electrons. The first-order chi connectivity index (χ1) is 6.74. The van der Waals surface area contributed by atoms with Gasteiger partial charge in [0.25, 0.3) is 0 Å². The minimum atomic E-state index is -0.155. The van der Waals surface area contributed by atoms with Gasteiger partial charge in [-0.3, -0.25) is 0 Å². The Kier molecular flexibility index (Phi) is 2.03. The number of ether oxygens (including phenoxy) is 1. The van der Waals surface area contributed by atoms with Crippen molar-refractivity contribution in [3.05, 3.63) is 34.4 Å². The quantitative estimate of drug-likeness (QED) is 0.624. The molecule has 0 atom stereocenters. The molecule has 1 aromatic rings. The Bertz CT molecular complexity index is 375. The molecule has 0 fully saturated rings. The predicted molar refractivity (Wildman–Crippen MR) is 63.1 cm³/mol. The van der Waals surface area contributed by atoms with E-state index in [9.17, 15) is 0 Å². The molecule has 1 nitrogen and oxygen atoms in total. The standard InChI is InChI=1S/C14H20O/c1-9-7-11-12(8-10(9)2)14(5,6)15-13(11,3)4/h7-8H,1-6H3. The first-order valence-electron chi connectivity index (χ1n) is 5.56. The summed E-state index contributed by atoms with van der Waals surface area (Å²) in [4.78, 5) is 0. The topological polar surface area (TPSA) is 9.23 Å². The van der Waals surface area contributed by atoms with Crippen LogP contribution in [-0.4, -0.2) is 0 Å². The van der Waals surface area contributed by atoms with Crippen molar-refractivity contribution >= 4 is 0 Å². The Labute approximate surface area is 92.5 Å². The first-order valence-corrected chi connectivity index (χ1v) is 5.56. The number of fused-ring (bicyclic) bond motifs is 1. The molecule has 2 rings (SSSR count). The van der Waals surface area contributed by atoms with Gasteiger partial charge in [-0.2, -0.15) is 0 Å². The van der Waals surface area contributed by atoms with Crippen molar-refractivity contribution in [2.75, 3.05) is 0 Å². The largest absolute Gasteiger partial charge is 0.360 e. The highest BCUT2D eigenvalue weighted by Crippen LogP contribution is 2.47. The molecular weight excluding hydrogens is 184 g/mol. The van der Waals surface area contributed by atoms with Crippen molar-refractivity contribution in [1.82, 2.24) is 0 Å². The third kappa shape index (κ3) is 1.50. The number of rotatable bonds is 0. The summed E-state index contributed by atoms with van der Waals surface area (Å²) in [5.74, 6) is 0. The molecule has 0 aromatic heterocycles. The van der Waals surface area contributed by atoms with Crippen LogP contribution >= 0.6 is 0 Å². The fraction of sp³-hybridized carbons (Fsp3) is 0.571. The van der Waals surface area contributed by atoms with Gasteiger partial charge >= 0.3 is 0 Å². The van der Waals surface area contributed by atoms with Crippen LogP contribution in [0.5, 0.6) is 0 Å². The van der Waals surface area contributed by atoms with E-state index in [-0.39, 0.29) is 11.2 Å². The molecule has 15 heavy (non-hydrogen) atoms. The van der Waals surface area contributed by atoms with Crippen molar-refractivity contribution in [1.29, 1.82) is 0 Å². The normalized spacial score (nSPS) is 21.5. The summed E-state index contributed by atoms with van der Waals surface area (Å²) in [7, 11) is 0. The summed E-state index contributed by atoms with van der Waals surface area (Å²) in [5, 5.41) is 0. The lowest BCUT2D eigenvalue weighted by molar-refractivity contribution is -0.105. The number of hydrogen-bond acceptors (Lipinski definition) is 1. The Morgan fingerprint density at radius 2 is 1.13 bits per heavy atom. The molecule has 1 heterocycles. The van der Waals surface area contributed by atoms with E-state index >= 15 is 0 Å². The summed E-state index contributed by atoms with van der Waals surface area (Å²) >= 11 is 0. The zero-order chi connectivity index (χ0) is 11.4. The van der Waals surface area contributed by atoms with E-state index < -0.39 is 0 Å². The summed E-state index contributed by atoms with van der Waals surface area (Å²) in [6, 6.07) is 4.55. The van der Waals surface area contributed by atoms with Crippen LogP contribution in [0.15, 0.2) is 12.1 Å². The Morgan fingerprint density at radius 1 is 0.800 bits per heavy atom. The number of benzene rings is 1. The zero-order valence-electron chi connectivity index (χ0n) is 10.6. The highest BCUT2D eigenvalue weighted by Gasteiger charge is 2.42. The van der Waals surface area contributed by atoms with Gasteiger partial charge in [0.1, 0.15) is 0 Å². The van der Waals surface area contributed by atoms with Crippen LogP contribution in [0.1, 0.15) is 49.9 Å². The molecule has 0 saturated carbocycles. The fourth-order valence-corrected chi connectivity index (χ4v) is 2.56. The van der Waals surface area contributed by atoms with E-state index in [2.05, 4.69) is 53.7 Å². The van der Waals surface area contributed by atoms with Crippen molar-refractivity contribution in [3.63, 3.8) is 0 Å². The molecule has 0 spiro atoms. The second-order valence-electron chi connectivity index (χ2n) is 5.60. The van der Waals surface area contributed by atoms with Crippen molar-refractivity contribution < 1.29 is 4.74 Å². The van der Waals surface area contributed by atoms with Crippen LogP contribution in [0.25, 0.3) is 0 Å². The molecule has 0 radical (unpaired) electrons. The monoisotopic (exact) mass is 204 g/mol. The van der Waals surface area contributed by atoms with E-state index in [0.717, 1.165) is 0 Å². The fourth-order valence-electron chi connectivity index (χ4n) is 2.56. The maximum absolute atomic E-state index is 6.12. The Hall–Kier alpha value is -0.820. The molecule has 0 unspecified atom stereocenters. The lowest BCUT2D eigenvalue weighted by atomic mass is 9.87. The van der Waals surface area contributed by atoms with Crippen LogP contribution < -0.4 is 0 Å². The van der Waals surface area contributed by atoms with Gasteiger partial charge in [0, 0.05) is 0 Å². The Morgan fingerprint density at radius 3 is 1.47 bits per heavy atom. The highest BCUT2D eigenvalue weighted by atomic mass is 16.5. The van der Waals surface area contributed by atoms with Gasteiger partial charge < -0.3 is 4.74 Å². The van der Waals surface area contributed by atoms with Crippen molar-refractivity contribution in [2.45, 2.75) is 52.7 Å². The first kappa shape index (κ1) is 10.7. The van der Waals surface area contributed by atoms with Gasteiger partial charge in [0.15, 0.2) is 0 Å². The van der Waals surface area contributed by atoms with Crippen LogP contribution in [0, 0.1) is 13.8 Å². The minimum Gasteiger partial charge on any atom is -0.360 e. The van der Waals surface area contributed by atoms with Crippen LogP contribution in [0.2, 0.25) is 0 Å². The van der Waals surface area contributed by atoms with Gasteiger partial charge in [-0.1, -0.05) is 12.1 Å². The second kappa shape index (κ2) is 2.85. The zero-order valence-corrected chi connectivity index (χ0v) is 10.6. The lowest BCUT2D eigenvalue weighted by Crippen LogP contribution is -2.22. The Balaban J connectivity index is 2.71. The number of hydrogen-bond donors (Lipinski definition) is 0.